The van der Waals surface area contributed by atoms with Crippen molar-refractivity contribution in [3.8, 4) is 0 Å². The Labute approximate surface area is 158 Å². The van der Waals surface area contributed by atoms with Gasteiger partial charge in [0.15, 0.2) is 0 Å². The summed E-state index contributed by atoms with van der Waals surface area (Å²) in [6.07, 6.45) is 14.0. The van der Waals surface area contributed by atoms with Crippen molar-refractivity contribution >= 4 is 49.7 Å². The van der Waals surface area contributed by atoms with Crippen molar-refractivity contribution in [3.05, 3.63) is 12.2 Å². The number of aliphatic carboxylic acids is 1. The van der Waals surface area contributed by atoms with E-state index in [9.17, 15) is 9.59 Å². The Kier molecular flexibility index (Phi) is 19.9. The second-order valence-electron chi connectivity index (χ2n) is 5.02. The van der Waals surface area contributed by atoms with E-state index < -0.39 is 11.9 Å². The number of carbonyl (C=O) groups is 2. The second kappa shape index (κ2) is 18.0. The van der Waals surface area contributed by atoms with Gasteiger partial charge >= 0.3 is 49.7 Å². The van der Waals surface area contributed by atoms with E-state index in [1.165, 1.54) is 51.4 Å². The van der Waals surface area contributed by atoms with Crippen LogP contribution in [0, 0.1) is 0 Å². The topological polar surface area (TPSA) is 63.6 Å². The van der Waals surface area contributed by atoms with E-state index >= 15 is 0 Å². The third-order valence-corrected chi connectivity index (χ3v) is 3.10. The molecule has 0 aromatic carbocycles. The van der Waals surface area contributed by atoms with Crippen LogP contribution in [0.15, 0.2) is 12.2 Å². The predicted octanol–water partition coefficient (Wildman–Crippen LogP) is 3.18. The van der Waals surface area contributed by atoms with E-state index in [0.717, 1.165) is 25.0 Å². The number of ether oxygens (including phenoxy) is 1. The van der Waals surface area contributed by atoms with Gasteiger partial charge < -0.3 is 9.84 Å². The van der Waals surface area contributed by atoms with E-state index in [1.54, 1.807) is 0 Å². The summed E-state index contributed by atoms with van der Waals surface area (Å²) < 4.78 is 4.88. The molecule has 0 heterocycles. The normalized spacial score (nSPS) is 10.3. The number of carboxylic acids is 1. The van der Waals surface area contributed by atoms with E-state index in [4.69, 9.17) is 9.84 Å². The van der Waals surface area contributed by atoms with Crippen molar-refractivity contribution in [2.45, 2.75) is 71.1 Å². The molecule has 0 saturated carbocycles. The third-order valence-electron chi connectivity index (χ3n) is 3.10. The SMILES string of the molecule is CCCCCCCCCCCCOC(=O)/C=C/C(=O)O.[CaH2]. The molecule has 0 saturated heterocycles. The summed E-state index contributed by atoms with van der Waals surface area (Å²) in [7, 11) is 0. The maximum atomic E-state index is 11.0. The zero-order valence-corrected chi connectivity index (χ0v) is 12.6. The standard InChI is InChI=1S/C16H28O4.Ca.2H/c1-2-3-4-5-6-7-8-9-10-11-14-20-16(19)13-12-15(17)18;;;/h12-13H,2-11,14H2,1H3,(H,17,18);;;/b13-12+;;;. The molecule has 0 spiro atoms. The van der Waals surface area contributed by atoms with Gasteiger partial charge in [0.05, 0.1) is 6.61 Å². The first-order chi connectivity index (χ1) is 9.66. The molecule has 1 N–H and O–H groups in total. The Bertz CT molecular complexity index is 290. The van der Waals surface area contributed by atoms with Crippen molar-refractivity contribution in [2.24, 2.45) is 0 Å². The molecular weight excluding hydrogens is 296 g/mol. The van der Waals surface area contributed by atoms with E-state index in [2.05, 4.69) is 6.92 Å². The fraction of sp³-hybridized carbons (Fsp3) is 0.750. The van der Waals surface area contributed by atoms with Crippen LogP contribution < -0.4 is 0 Å². The van der Waals surface area contributed by atoms with Gasteiger partial charge in [0.2, 0.25) is 0 Å². The van der Waals surface area contributed by atoms with Gasteiger partial charge in [-0.15, -0.1) is 0 Å². The summed E-state index contributed by atoms with van der Waals surface area (Å²) in [5, 5.41) is 8.33. The number of hydrogen-bond donors (Lipinski definition) is 1. The van der Waals surface area contributed by atoms with Crippen LogP contribution in [0.1, 0.15) is 71.1 Å². The molecule has 0 radical (unpaired) electrons. The monoisotopic (exact) mass is 326 g/mol. The van der Waals surface area contributed by atoms with Gasteiger partial charge in [-0.05, 0) is 6.42 Å². The second-order valence-corrected chi connectivity index (χ2v) is 5.02. The Morgan fingerprint density at radius 1 is 0.857 bits per heavy atom. The minimum absolute atomic E-state index is 0. The number of unbranched alkanes of at least 4 members (excludes halogenated alkanes) is 9. The van der Waals surface area contributed by atoms with Crippen LogP contribution in [0.5, 0.6) is 0 Å². The van der Waals surface area contributed by atoms with Crippen LogP contribution in [0.4, 0.5) is 0 Å². The first kappa shape index (κ1) is 23.2. The predicted molar refractivity (Wildman–Crippen MR) is 88.1 cm³/mol. The number of rotatable bonds is 13. The van der Waals surface area contributed by atoms with Gasteiger partial charge in [0.25, 0.3) is 0 Å². The number of hydrogen-bond acceptors (Lipinski definition) is 3. The molecule has 0 aliphatic rings. The Morgan fingerprint density at radius 3 is 1.81 bits per heavy atom. The minimum atomic E-state index is -1.14. The fourth-order valence-electron chi connectivity index (χ4n) is 1.95. The molecule has 0 atom stereocenters. The molecule has 0 bridgehead atoms. The van der Waals surface area contributed by atoms with Gasteiger partial charge in [0, 0.05) is 12.2 Å². The molecule has 4 nitrogen and oxygen atoms in total. The van der Waals surface area contributed by atoms with Crippen molar-refractivity contribution in [1.29, 1.82) is 0 Å². The van der Waals surface area contributed by atoms with Gasteiger partial charge in [-0.2, -0.15) is 0 Å². The summed E-state index contributed by atoms with van der Waals surface area (Å²) in [4.78, 5) is 21.2. The molecule has 0 fully saturated rings. The number of esters is 1. The van der Waals surface area contributed by atoms with Crippen LogP contribution in [0.25, 0.3) is 0 Å². The van der Waals surface area contributed by atoms with E-state index in [1.807, 2.05) is 0 Å². The summed E-state index contributed by atoms with van der Waals surface area (Å²) >= 11 is 0. The Balaban J connectivity index is 0. The molecule has 0 aliphatic heterocycles. The molecule has 5 heteroatoms. The molecule has 0 unspecified atom stereocenters. The third kappa shape index (κ3) is 19.9. The first-order valence-corrected chi connectivity index (χ1v) is 7.74. The maximum absolute atomic E-state index is 11.0. The molecule has 0 aromatic rings. The van der Waals surface area contributed by atoms with Crippen molar-refractivity contribution < 1.29 is 19.4 Å². The van der Waals surface area contributed by atoms with Gasteiger partial charge in [-0.3, -0.25) is 0 Å². The Hall–Kier alpha value is -0.0603. The van der Waals surface area contributed by atoms with Crippen molar-refractivity contribution in [1.82, 2.24) is 0 Å². The first-order valence-electron chi connectivity index (χ1n) is 7.74. The van der Waals surface area contributed by atoms with Crippen LogP contribution in [-0.4, -0.2) is 61.4 Å². The van der Waals surface area contributed by atoms with E-state index in [0.29, 0.717) is 6.61 Å². The number of carboxylic acid groups (broad SMARTS) is 1. The van der Waals surface area contributed by atoms with Crippen molar-refractivity contribution in [2.75, 3.05) is 6.61 Å². The van der Waals surface area contributed by atoms with Crippen molar-refractivity contribution in [3.63, 3.8) is 0 Å². The molecule has 0 aromatic heterocycles. The molecule has 0 amide bonds. The van der Waals surface area contributed by atoms with E-state index in [-0.39, 0.29) is 37.7 Å². The Morgan fingerprint density at radius 2 is 1.33 bits per heavy atom. The number of carbonyl (C=O) groups excluding carboxylic acids is 1. The average molecular weight is 326 g/mol. The fourth-order valence-corrected chi connectivity index (χ4v) is 1.95. The van der Waals surface area contributed by atoms with Gasteiger partial charge in [-0.1, -0.05) is 64.7 Å². The van der Waals surface area contributed by atoms with Crippen LogP contribution in [-0.2, 0) is 14.3 Å². The summed E-state index contributed by atoms with van der Waals surface area (Å²) in [5.74, 6) is -1.72. The summed E-state index contributed by atoms with van der Waals surface area (Å²) in [6.45, 7) is 2.60. The molecule has 120 valence electrons. The summed E-state index contributed by atoms with van der Waals surface area (Å²) in [5.41, 5.74) is 0. The van der Waals surface area contributed by atoms with Crippen LogP contribution >= 0.6 is 0 Å². The average Bonchev–Trinajstić information content (AvgIpc) is 2.42. The zero-order chi connectivity index (χ0) is 15.1. The molecule has 21 heavy (non-hydrogen) atoms. The molecule has 0 rings (SSSR count). The van der Waals surface area contributed by atoms with Crippen LogP contribution in [0.3, 0.4) is 0 Å². The quantitative estimate of drug-likeness (QED) is 0.244. The molecular formula is C16H30CaO4. The summed E-state index contributed by atoms with van der Waals surface area (Å²) in [6, 6.07) is 0. The van der Waals surface area contributed by atoms with Gasteiger partial charge in [0.1, 0.15) is 0 Å². The van der Waals surface area contributed by atoms with Crippen LogP contribution in [0.2, 0.25) is 0 Å². The zero-order valence-electron chi connectivity index (χ0n) is 12.6. The molecule has 0 aliphatic carbocycles. The van der Waals surface area contributed by atoms with Gasteiger partial charge in [-0.25, -0.2) is 9.59 Å².